The van der Waals surface area contributed by atoms with Gasteiger partial charge >= 0.3 is 5.97 Å². The summed E-state index contributed by atoms with van der Waals surface area (Å²) in [6.45, 7) is 3.16. The topological polar surface area (TPSA) is 98.8 Å². The lowest BCUT2D eigenvalue weighted by Gasteiger charge is -2.34. The third-order valence-corrected chi connectivity index (χ3v) is 6.10. The molecule has 1 aliphatic heterocycles. The predicted molar refractivity (Wildman–Crippen MR) is 132 cm³/mol. The molecule has 1 fully saturated rings. The van der Waals surface area contributed by atoms with Crippen LogP contribution in [0, 0.1) is 0 Å². The van der Waals surface area contributed by atoms with E-state index in [4.69, 9.17) is 9.84 Å². The Balaban J connectivity index is 1.20. The molecule has 1 aromatic heterocycles. The second kappa shape index (κ2) is 9.99. The number of imidazole rings is 1. The van der Waals surface area contributed by atoms with Gasteiger partial charge in [0.25, 0.3) is 5.91 Å². The summed E-state index contributed by atoms with van der Waals surface area (Å²) in [5, 5.41) is 8.79. The number of carboxylic acids is 1. The Labute approximate surface area is 202 Å². The first kappa shape index (κ1) is 22.6. The average Bonchev–Trinajstić information content (AvgIpc) is 3.32. The number of rotatable bonds is 7. The van der Waals surface area contributed by atoms with Gasteiger partial charge in [0.2, 0.25) is 0 Å². The maximum absolute atomic E-state index is 13.2. The maximum atomic E-state index is 13.2. The number of fused-ring (bicyclic) bond motifs is 1. The number of hydrogen-bond acceptors (Lipinski definition) is 5. The number of nitrogens with one attached hydrogen (secondary N) is 1. The fourth-order valence-corrected chi connectivity index (χ4v) is 4.30. The van der Waals surface area contributed by atoms with E-state index in [1.54, 1.807) is 6.07 Å². The summed E-state index contributed by atoms with van der Waals surface area (Å²) >= 11 is 0. The molecular weight excluding hydrogens is 444 g/mol. The van der Waals surface area contributed by atoms with Crippen LogP contribution in [0.3, 0.4) is 0 Å². The Bertz CT molecular complexity index is 1340. The fourth-order valence-electron chi connectivity index (χ4n) is 4.30. The molecular formula is C27H26N4O4. The van der Waals surface area contributed by atoms with Gasteiger partial charge in [-0.3, -0.25) is 9.69 Å². The van der Waals surface area contributed by atoms with Gasteiger partial charge in [0.05, 0.1) is 11.0 Å². The molecule has 0 spiro atoms. The van der Waals surface area contributed by atoms with Gasteiger partial charge in [0.15, 0.2) is 6.61 Å². The van der Waals surface area contributed by atoms with Crippen molar-refractivity contribution < 1.29 is 19.4 Å². The molecule has 3 aromatic carbocycles. The number of carbonyl (C=O) groups excluding carboxylic acids is 1. The minimum atomic E-state index is -1.00. The number of aromatic nitrogens is 2. The number of nitrogens with zero attached hydrogens (tertiary/aromatic N) is 3. The Kier molecular flexibility index (Phi) is 6.45. The monoisotopic (exact) mass is 470 g/mol. The van der Waals surface area contributed by atoms with Crippen molar-refractivity contribution in [3.8, 4) is 17.1 Å². The Morgan fingerprint density at radius 3 is 2.51 bits per heavy atom. The molecule has 2 N–H and O–H groups in total. The first-order chi connectivity index (χ1) is 17.0. The van der Waals surface area contributed by atoms with Crippen LogP contribution in [0.4, 0.5) is 0 Å². The van der Waals surface area contributed by atoms with Gasteiger partial charge in [-0.25, -0.2) is 9.78 Å². The Hall–Kier alpha value is -4.17. The quantitative estimate of drug-likeness (QED) is 0.428. The first-order valence-electron chi connectivity index (χ1n) is 11.6. The largest absolute Gasteiger partial charge is 0.482 e. The minimum absolute atomic E-state index is 0.0199. The van der Waals surface area contributed by atoms with Crippen LogP contribution in [0.5, 0.6) is 5.75 Å². The predicted octanol–water partition coefficient (Wildman–Crippen LogP) is 3.65. The van der Waals surface area contributed by atoms with Crippen LogP contribution in [0.1, 0.15) is 15.9 Å². The van der Waals surface area contributed by atoms with Crippen molar-refractivity contribution in [3.05, 3.63) is 83.9 Å². The van der Waals surface area contributed by atoms with Crippen LogP contribution in [-0.4, -0.2) is 69.5 Å². The number of piperazine rings is 1. The van der Waals surface area contributed by atoms with Crippen molar-refractivity contribution >= 4 is 22.9 Å². The highest BCUT2D eigenvalue weighted by molar-refractivity contribution is 5.97. The molecule has 1 saturated heterocycles. The number of aromatic amines is 1. The van der Waals surface area contributed by atoms with Gasteiger partial charge in [-0.2, -0.15) is 0 Å². The standard InChI is InChI=1S/C27H26N4O4/c32-25(33)18-35-22-8-4-5-19(15-22)17-30-11-13-31(14-12-30)27(34)21-9-10-23-24(16-21)29-26(28-23)20-6-2-1-3-7-20/h1-10,15-16H,11-14,17-18H2,(H,28,29)(H,32,33). The van der Waals surface area contributed by atoms with E-state index in [1.807, 2.05) is 71.6 Å². The van der Waals surface area contributed by atoms with Gasteiger partial charge in [0, 0.05) is 43.9 Å². The molecule has 0 aliphatic carbocycles. The van der Waals surface area contributed by atoms with Gasteiger partial charge in [-0.1, -0.05) is 42.5 Å². The summed E-state index contributed by atoms with van der Waals surface area (Å²) in [6, 6.07) is 23.0. The summed E-state index contributed by atoms with van der Waals surface area (Å²) < 4.78 is 5.27. The van der Waals surface area contributed by atoms with Crippen LogP contribution < -0.4 is 4.74 Å². The number of hydrogen-bond donors (Lipinski definition) is 2. The maximum Gasteiger partial charge on any atom is 0.341 e. The zero-order valence-corrected chi connectivity index (χ0v) is 19.2. The zero-order chi connectivity index (χ0) is 24.2. The van der Waals surface area contributed by atoms with Crippen molar-refractivity contribution in [2.24, 2.45) is 0 Å². The van der Waals surface area contributed by atoms with Crippen LogP contribution in [0.25, 0.3) is 22.4 Å². The van der Waals surface area contributed by atoms with Crippen LogP contribution in [0.15, 0.2) is 72.8 Å². The number of carboxylic acid groups (broad SMARTS) is 1. The fraction of sp³-hybridized carbons (Fsp3) is 0.222. The number of H-pyrrole nitrogens is 1. The Morgan fingerprint density at radius 1 is 0.943 bits per heavy atom. The number of ether oxygens (including phenoxy) is 1. The molecule has 35 heavy (non-hydrogen) atoms. The van der Waals surface area contributed by atoms with Gasteiger partial charge in [-0.05, 0) is 35.9 Å². The summed E-state index contributed by atoms with van der Waals surface area (Å²) in [5.74, 6) is 0.352. The van der Waals surface area contributed by atoms with Crippen molar-refractivity contribution in [1.82, 2.24) is 19.8 Å². The molecule has 178 valence electrons. The van der Waals surface area contributed by atoms with Gasteiger partial charge in [-0.15, -0.1) is 0 Å². The van der Waals surface area contributed by atoms with Crippen molar-refractivity contribution in [1.29, 1.82) is 0 Å². The average molecular weight is 471 g/mol. The van der Waals surface area contributed by atoms with E-state index in [2.05, 4.69) is 14.9 Å². The summed E-state index contributed by atoms with van der Waals surface area (Å²) in [6.07, 6.45) is 0. The number of benzene rings is 3. The smallest absolute Gasteiger partial charge is 0.341 e. The molecule has 2 heterocycles. The lowest BCUT2D eigenvalue weighted by atomic mass is 10.1. The van der Waals surface area contributed by atoms with Gasteiger partial charge in [0.1, 0.15) is 11.6 Å². The molecule has 1 amide bonds. The SMILES string of the molecule is O=C(O)COc1cccc(CN2CCN(C(=O)c3ccc4nc(-c5ccccc5)[nH]c4c3)CC2)c1. The summed E-state index contributed by atoms with van der Waals surface area (Å²) in [5.41, 5.74) is 4.38. The van der Waals surface area contributed by atoms with Crippen molar-refractivity contribution in [2.45, 2.75) is 6.54 Å². The minimum Gasteiger partial charge on any atom is -0.482 e. The molecule has 5 rings (SSSR count). The van der Waals surface area contributed by atoms with Gasteiger partial charge < -0.3 is 19.7 Å². The number of aliphatic carboxylic acids is 1. The number of amides is 1. The highest BCUT2D eigenvalue weighted by Gasteiger charge is 2.23. The van der Waals surface area contributed by atoms with E-state index >= 15 is 0 Å². The molecule has 0 radical (unpaired) electrons. The second-order valence-electron chi connectivity index (χ2n) is 8.58. The molecule has 1 aliphatic rings. The molecule has 8 heteroatoms. The third-order valence-electron chi connectivity index (χ3n) is 6.10. The summed E-state index contributed by atoms with van der Waals surface area (Å²) in [7, 11) is 0. The number of carbonyl (C=O) groups is 2. The molecule has 4 aromatic rings. The van der Waals surface area contributed by atoms with Crippen LogP contribution in [0.2, 0.25) is 0 Å². The lowest BCUT2D eigenvalue weighted by molar-refractivity contribution is -0.139. The highest BCUT2D eigenvalue weighted by atomic mass is 16.5. The lowest BCUT2D eigenvalue weighted by Crippen LogP contribution is -2.48. The molecule has 0 saturated carbocycles. The van der Waals surface area contributed by atoms with E-state index in [0.29, 0.717) is 30.9 Å². The highest BCUT2D eigenvalue weighted by Crippen LogP contribution is 2.22. The third kappa shape index (κ3) is 5.33. The van der Waals surface area contributed by atoms with Crippen molar-refractivity contribution in [3.63, 3.8) is 0 Å². The summed E-state index contributed by atoms with van der Waals surface area (Å²) in [4.78, 5) is 36.0. The van der Waals surface area contributed by atoms with E-state index in [-0.39, 0.29) is 12.5 Å². The van der Waals surface area contributed by atoms with E-state index in [0.717, 1.165) is 41.1 Å². The zero-order valence-electron chi connectivity index (χ0n) is 19.2. The molecule has 0 atom stereocenters. The van der Waals surface area contributed by atoms with Crippen LogP contribution >= 0.6 is 0 Å². The van der Waals surface area contributed by atoms with Crippen molar-refractivity contribution in [2.75, 3.05) is 32.8 Å². The normalized spacial score (nSPS) is 14.2. The molecule has 0 unspecified atom stereocenters. The van der Waals surface area contributed by atoms with E-state index < -0.39 is 5.97 Å². The van der Waals surface area contributed by atoms with E-state index in [1.165, 1.54) is 0 Å². The molecule has 0 bridgehead atoms. The second-order valence-corrected chi connectivity index (χ2v) is 8.58. The Morgan fingerprint density at radius 2 is 1.74 bits per heavy atom. The van der Waals surface area contributed by atoms with E-state index in [9.17, 15) is 9.59 Å². The molecule has 8 nitrogen and oxygen atoms in total. The van der Waals surface area contributed by atoms with Crippen LogP contribution in [-0.2, 0) is 11.3 Å². The first-order valence-corrected chi connectivity index (χ1v) is 11.6.